The summed E-state index contributed by atoms with van der Waals surface area (Å²) in [5, 5.41) is 13.2. The van der Waals surface area contributed by atoms with E-state index in [1.54, 1.807) is 24.3 Å². The van der Waals surface area contributed by atoms with Gasteiger partial charge in [-0.25, -0.2) is 4.79 Å². The van der Waals surface area contributed by atoms with Gasteiger partial charge in [0.15, 0.2) is 6.61 Å². The Morgan fingerprint density at radius 2 is 1.75 bits per heavy atom. The number of nitrogens with one attached hydrogen (secondary N) is 2. The molecule has 0 saturated carbocycles. The molecule has 0 spiro atoms. The lowest BCUT2D eigenvalue weighted by Crippen LogP contribution is -2.19. The van der Waals surface area contributed by atoms with Crippen LogP contribution in [0.15, 0.2) is 48.5 Å². The van der Waals surface area contributed by atoms with E-state index in [0.717, 1.165) is 12.1 Å². The zero-order valence-electron chi connectivity index (χ0n) is 12.2. The van der Waals surface area contributed by atoms with E-state index in [2.05, 4.69) is 10.6 Å². The highest BCUT2D eigenvalue weighted by molar-refractivity contribution is 5.99. The van der Waals surface area contributed by atoms with E-state index in [1.807, 2.05) is 6.07 Å². The average Bonchev–Trinajstić information content (AvgIpc) is 2.53. The molecule has 0 heterocycles. The number of benzene rings is 2. The Kier molecular flexibility index (Phi) is 5.27. The molecule has 0 aliphatic heterocycles. The quantitative estimate of drug-likeness (QED) is 0.877. The fraction of sp³-hybridized carbons (Fsp3) is 0.125. The topological polar surface area (TPSA) is 74.1 Å². The number of rotatable bonds is 4. The van der Waals surface area contributed by atoms with E-state index in [9.17, 15) is 18.0 Å². The highest BCUT2D eigenvalue weighted by atomic mass is 19.4. The molecule has 2 rings (SSSR count). The molecule has 8 heteroatoms. The molecule has 2 aromatic rings. The van der Waals surface area contributed by atoms with Gasteiger partial charge in [0.1, 0.15) is 11.8 Å². The Hall–Kier alpha value is -3.21. The lowest BCUT2D eigenvalue weighted by Gasteiger charge is -2.11. The van der Waals surface area contributed by atoms with E-state index >= 15 is 0 Å². The van der Waals surface area contributed by atoms with Crippen LogP contribution in [0.5, 0.6) is 5.75 Å². The summed E-state index contributed by atoms with van der Waals surface area (Å²) in [5.41, 5.74) is -0.403. The molecule has 124 valence electrons. The first-order chi connectivity index (χ1) is 11.4. The van der Waals surface area contributed by atoms with Gasteiger partial charge in [0.2, 0.25) is 0 Å². The minimum Gasteiger partial charge on any atom is -0.479 e. The summed E-state index contributed by atoms with van der Waals surface area (Å²) in [6.45, 7) is -0.0944. The molecule has 2 aromatic carbocycles. The maximum Gasteiger partial charge on any atom is 0.416 e. The monoisotopic (exact) mass is 335 g/mol. The van der Waals surface area contributed by atoms with Crippen molar-refractivity contribution in [3.05, 3.63) is 54.1 Å². The Morgan fingerprint density at radius 3 is 2.38 bits per heavy atom. The standard InChI is InChI=1S/C16H12F3N3O2/c17-16(18,19)11-2-1-3-13(10-11)22-15(23)21-12-4-6-14(7-5-12)24-9-8-20/h1-7,10H,9H2,(H2,21,22,23). The lowest BCUT2D eigenvalue weighted by molar-refractivity contribution is -0.137. The first-order valence-electron chi connectivity index (χ1n) is 6.73. The van der Waals surface area contributed by atoms with Crippen LogP contribution in [0.3, 0.4) is 0 Å². The van der Waals surface area contributed by atoms with Gasteiger partial charge in [0, 0.05) is 11.4 Å². The molecular weight excluding hydrogens is 323 g/mol. The summed E-state index contributed by atoms with van der Waals surface area (Å²) >= 11 is 0. The van der Waals surface area contributed by atoms with Gasteiger partial charge in [-0.05, 0) is 42.5 Å². The molecule has 0 saturated heterocycles. The van der Waals surface area contributed by atoms with Crippen molar-refractivity contribution in [2.24, 2.45) is 0 Å². The molecule has 0 radical (unpaired) electrons. The normalized spacial score (nSPS) is 10.6. The second kappa shape index (κ2) is 7.37. The molecule has 0 atom stereocenters. The number of ether oxygens (including phenoxy) is 1. The summed E-state index contributed by atoms with van der Waals surface area (Å²) in [6.07, 6.45) is -4.48. The Labute approximate surface area is 135 Å². The van der Waals surface area contributed by atoms with Crippen molar-refractivity contribution in [2.75, 3.05) is 17.2 Å². The van der Waals surface area contributed by atoms with E-state index in [4.69, 9.17) is 10.00 Å². The summed E-state index contributed by atoms with van der Waals surface area (Å²) in [7, 11) is 0. The van der Waals surface area contributed by atoms with Gasteiger partial charge < -0.3 is 15.4 Å². The summed E-state index contributed by atoms with van der Waals surface area (Å²) in [4.78, 5) is 11.8. The first-order valence-corrected chi connectivity index (χ1v) is 6.73. The zero-order valence-corrected chi connectivity index (χ0v) is 12.2. The van der Waals surface area contributed by atoms with Crippen molar-refractivity contribution >= 4 is 17.4 Å². The molecule has 24 heavy (non-hydrogen) atoms. The third-order valence-corrected chi connectivity index (χ3v) is 2.86. The van der Waals surface area contributed by atoms with Crippen LogP contribution < -0.4 is 15.4 Å². The van der Waals surface area contributed by atoms with Crippen LogP contribution in [0.4, 0.5) is 29.3 Å². The smallest absolute Gasteiger partial charge is 0.416 e. The fourth-order valence-corrected chi connectivity index (χ4v) is 1.82. The van der Waals surface area contributed by atoms with Gasteiger partial charge in [0.25, 0.3) is 0 Å². The Morgan fingerprint density at radius 1 is 1.08 bits per heavy atom. The van der Waals surface area contributed by atoms with Crippen molar-refractivity contribution in [2.45, 2.75) is 6.18 Å². The van der Waals surface area contributed by atoms with Crippen LogP contribution in [0, 0.1) is 11.3 Å². The van der Waals surface area contributed by atoms with Crippen LogP contribution in [0.1, 0.15) is 5.56 Å². The predicted octanol–water partition coefficient (Wildman–Crippen LogP) is 4.25. The van der Waals surface area contributed by atoms with Crippen molar-refractivity contribution in [1.29, 1.82) is 5.26 Å². The third kappa shape index (κ3) is 4.91. The number of carbonyl (C=O) groups excluding carboxylic acids is 1. The predicted molar refractivity (Wildman–Crippen MR) is 81.6 cm³/mol. The number of halogens is 3. The van der Waals surface area contributed by atoms with Crippen LogP contribution in [0.2, 0.25) is 0 Å². The van der Waals surface area contributed by atoms with Crippen LogP contribution in [-0.2, 0) is 6.18 Å². The summed E-state index contributed by atoms with van der Waals surface area (Å²) in [6, 6.07) is 11.7. The van der Waals surface area contributed by atoms with Gasteiger partial charge >= 0.3 is 12.2 Å². The third-order valence-electron chi connectivity index (χ3n) is 2.86. The Balaban J connectivity index is 1.97. The number of anilines is 2. The summed E-state index contributed by atoms with van der Waals surface area (Å²) < 4.78 is 42.9. The van der Waals surface area contributed by atoms with Crippen molar-refractivity contribution in [3.63, 3.8) is 0 Å². The molecule has 0 fully saturated rings. The Bertz CT molecular complexity index is 752. The van der Waals surface area contributed by atoms with Gasteiger partial charge in [0.05, 0.1) is 5.56 Å². The largest absolute Gasteiger partial charge is 0.479 e. The van der Waals surface area contributed by atoms with Gasteiger partial charge in [-0.1, -0.05) is 6.07 Å². The SMILES string of the molecule is N#CCOc1ccc(NC(=O)Nc2cccc(C(F)(F)F)c2)cc1. The minimum absolute atomic E-state index is 0.0244. The summed E-state index contributed by atoms with van der Waals surface area (Å²) in [5.74, 6) is 0.459. The lowest BCUT2D eigenvalue weighted by atomic mass is 10.2. The minimum atomic E-state index is -4.48. The molecule has 0 aliphatic rings. The first kappa shape index (κ1) is 17.1. The highest BCUT2D eigenvalue weighted by Crippen LogP contribution is 2.30. The number of carbonyl (C=O) groups is 1. The fourth-order valence-electron chi connectivity index (χ4n) is 1.82. The molecular formula is C16H12F3N3O2. The second-order valence-corrected chi connectivity index (χ2v) is 4.63. The van der Waals surface area contributed by atoms with Crippen molar-refractivity contribution in [1.82, 2.24) is 0 Å². The number of nitriles is 1. The maximum absolute atomic E-state index is 12.6. The van der Waals surface area contributed by atoms with E-state index in [1.165, 1.54) is 12.1 Å². The average molecular weight is 335 g/mol. The number of nitrogens with zero attached hydrogens (tertiary/aromatic N) is 1. The number of hydrogen-bond acceptors (Lipinski definition) is 3. The number of hydrogen-bond donors (Lipinski definition) is 2. The van der Waals surface area contributed by atoms with Gasteiger partial charge in [-0.3, -0.25) is 0 Å². The highest BCUT2D eigenvalue weighted by Gasteiger charge is 2.30. The van der Waals surface area contributed by atoms with Crippen molar-refractivity contribution in [3.8, 4) is 11.8 Å². The molecule has 2 amide bonds. The van der Waals surface area contributed by atoms with E-state index in [0.29, 0.717) is 11.4 Å². The van der Waals surface area contributed by atoms with Crippen LogP contribution in [0.25, 0.3) is 0 Å². The molecule has 0 aromatic heterocycles. The van der Waals surface area contributed by atoms with Gasteiger partial charge in [-0.2, -0.15) is 18.4 Å². The van der Waals surface area contributed by atoms with E-state index < -0.39 is 17.8 Å². The van der Waals surface area contributed by atoms with Crippen LogP contribution in [-0.4, -0.2) is 12.6 Å². The second-order valence-electron chi connectivity index (χ2n) is 4.63. The van der Waals surface area contributed by atoms with E-state index in [-0.39, 0.29) is 12.3 Å². The van der Waals surface area contributed by atoms with Crippen LogP contribution >= 0.6 is 0 Å². The molecule has 5 nitrogen and oxygen atoms in total. The molecule has 0 bridgehead atoms. The van der Waals surface area contributed by atoms with Gasteiger partial charge in [-0.15, -0.1) is 0 Å². The molecule has 0 aliphatic carbocycles. The molecule has 0 unspecified atom stereocenters. The molecule has 2 N–H and O–H groups in total. The number of alkyl halides is 3. The maximum atomic E-state index is 12.6. The number of urea groups is 1. The zero-order chi connectivity index (χ0) is 17.6. The number of amides is 2. The van der Waals surface area contributed by atoms with Crippen molar-refractivity contribution < 1.29 is 22.7 Å².